The maximum absolute atomic E-state index is 12.1. The lowest BCUT2D eigenvalue weighted by atomic mass is 9.76. The van der Waals surface area contributed by atoms with Crippen LogP contribution in [0.2, 0.25) is 0 Å². The first-order valence-corrected chi connectivity index (χ1v) is 7.49. The van der Waals surface area contributed by atoms with Crippen LogP contribution in [-0.2, 0) is 9.47 Å². The van der Waals surface area contributed by atoms with E-state index in [1.54, 1.807) is 4.90 Å². The van der Waals surface area contributed by atoms with Gasteiger partial charge in [-0.2, -0.15) is 0 Å². The predicted octanol–water partition coefficient (Wildman–Crippen LogP) is 1.25. The third-order valence-corrected chi connectivity index (χ3v) is 4.30. The van der Waals surface area contributed by atoms with E-state index in [1.165, 1.54) is 0 Å². The second-order valence-electron chi connectivity index (χ2n) is 8.06. The molecule has 0 aromatic carbocycles. The molecular weight excluding hydrogens is 272 g/mol. The van der Waals surface area contributed by atoms with Crippen molar-refractivity contribution in [3.8, 4) is 0 Å². The van der Waals surface area contributed by atoms with Crippen molar-refractivity contribution < 1.29 is 19.4 Å². The van der Waals surface area contributed by atoms with Crippen molar-refractivity contribution in [2.45, 2.75) is 69.8 Å². The van der Waals surface area contributed by atoms with Gasteiger partial charge in [0.05, 0.1) is 17.7 Å². The Bertz CT molecular complexity index is 432. The van der Waals surface area contributed by atoms with Crippen LogP contribution in [0.4, 0.5) is 4.79 Å². The smallest absolute Gasteiger partial charge is 0.410 e. The van der Waals surface area contributed by atoms with E-state index in [2.05, 4.69) is 0 Å². The Labute approximate surface area is 126 Å². The second-order valence-corrected chi connectivity index (χ2v) is 8.06. The van der Waals surface area contributed by atoms with Gasteiger partial charge in [-0.15, -0.1) is 0 Å². The molecule has 2 heterocycles. The van der Waals surface area contributed by atoms with Crippen LogP contribution in [0.3, 0.4) is 0 Å². The van der Waals surface area contributed by atoms with Gasteiger partial charge in [0, 0.05) is 19.5 Å². The molecule has 2 rings (SSSR count). The molecule has 2 unspecified atom stereocenters. The third-order valence-electron chi connectivity index (χ3n) is 4.30. The molecule has 122 valence electrons. The van der Waals surface area contributed by atoms with Gasteiger partial charge >= 0.3 is 6.09 Å². The highest BCUT2D eigenvalue weighted by Crippen LogP contribution is 2.42. The summed E-state index contributed by atoms with van der Waals surface area (Å²) >= 11 is 0. The van der Waals surface area contributed by atoms with Crippen LogP contribution in [0.5, 0.6) is 0 Å². The van der Waals surface area contributed by atoms with Crippen LogP contribution in [0.15, 0.2) is 0 Å². The lowest BCUT2D eigenvalue weighted by Crippen LogP contribution is -2.63. The number of nitrogens with zero attached hydrogens (tertiary/aromatic N) is 1. The van der Waals surface area contributed by atoms with Crippen LogP contribution in [0.1, 0.15) is 47.5 Å². The average Bonchev–Trinajstić information content (AvgIpc) is 2.80. The topological polar surface area (TPSA) is 85.0 Å². The molecule has 2 atom stereocenters. The van der Waals surface area contributed by atoms with Gasteiger partial charge in [0.2, 0.25) is 0 Å². The minimum atomic E-state index is -1.10. The van der Waals surface area contributed by atoms with E-state index in [4.69, 9.17) is 15.2 Å². The Hall–Kier alpha value is -0.850. The normalized spacial score (nSPS) is 36.0. The van der Waals surface area contributed by atoms with Crippen LogP contribution < -0.4 is 5.73 Å². The van der Waals surface area contributed by atoms with Gasteiger partial charge < -0.3 is 25.2 Å². The van der Waals surface area contributed by atoms with Gasteiger partial charge in [0.15, 0.2) is 0 Å². The fourth-order valence-corrected chi connectivity index (χ4v) is 3.14. The molecule has 0 spiro atoms. The monoisotopic (exact) mass is 300 g/mol. The van der Waals surface area contributed by atoms with Crippen molar-refractivity contribution in [3.05, 3.63) is 0 Å². The van der Waals surface area contributed by atoms with Crippen molar-refractivity contribution in [1.29, 1.82) is 0 Å². The molecule has 6 nitrogen and oxygen atoms in total. The fraction of sp³-hybridized carbons (Fsp3) is 0.933. The summed E-state index contributed by atoms with van der Waals surface area (Å²) in [6.45, 7) is 10.4. The van der Waals surface area contributed by atoms with Crippen molar-refractivity contribution in [1.82, 2.24) is 4.90 Å². The molecular formula is C15H28N2O4. The van der Waals surface area contributed by atoms with Crippen LogP contribution >= 0.6 is 0 Å². The zero-order valence-electron chi connectivity index (χ0n) is 13.7. The maximum atomic E-state index is 12.1. The lowest BCUT2D eigenvalue weighted by Gasteiger charge is -2.39. The SMILES string of the molecule is CC(C)(C)OC(=O)N1CCC(N)(C2(O)COC(C)(C)C2)C1. The van der Waals surface area contributed by atoms with Crippen molar-refractivity contribution in [2.75, 3.05) is 19.7 Å². The number of hydrogen-bond donors (Lipinski definition) is 2. The summed E-state index contributed by atoms with van der Waals surface area (Å²) in [6.07, 6.45) is 0.637. The highest BCUT2D eigenvalue weighted by Gasteiger charge is 2.58. The highest BCUT2D eigenvalue weighted by atomic mass is 16.6. The minimum Gasteiger partial charge on any atom is -0.444 e. The number of amides is 1. The molecule has 0 bridgehead atoms. The van der Waals surface area contributed by atoms with Gasteiger partial charge in [-0.05, 0) is 41.0 Å². The fourth-order valence-electron chi connectivity index (χ4n) is 3.14. The zero-order valence-corrected chi connectivity index (χ0v) is 13.7. The number of carbonyl (C=O) groups is 1. The number of likely N-dealkylation sites (tertiary alicyclic amines) is 1. The summed E-state index contributed by atoms with van der Waals surface area (Å²) in [4.78, 5) is 13.7. The Morgan fingerprint density at radius 1 is 1.38 bits per heavy atom. The van der Waals surface area contributed by atoms with E-state index in [9.17, 15) is 9.90 Å². The Morgan fingerprint density at radius 2 is 2.00 bits per heavy atom. The van der Waals surface area contributed by atoms with Crippen molar-refractivity contribution in [3.63, 3.8) is 0 Å². The van der Waals surface area contributed by atoms with E-state index in [1.807, 2.05) is 34.6 Å². The molecule has 1 amide bonds. The summed E-state index contributed by atoms with van der Waals surface area (Å²) in [5, 5.41) is 10.9. The summed E-state index contributed by atoms with van der Waals surface area (Å²) in [6, 6.07) is 0. The average molecular weight is 300 g/mol. The number of carbonyl (C=O) groups excluding carboxylic acids is 1. The molecule has 0 aromatic heterocycles. The first kappa shape index (κ1) is 16.5. The Balaban J connectivity index is 2.05. The summed E-state index contributed by atoms with van der Waals surface area (Å²) in [5.74, 6) is 0. The number of ether oxygens (including phenoxy) is 2. The van der Waals surface area contributed by atoms with Crippen LogP contribution in [0.25, 0.3) is 0 Å². The van der Waals surface area contributed by atoms with E-state index in [-0.39, 0.29) is 24.8 Å². The maximum Gasteiger partial charge on any atom is 0.410 e. The number of hydrogen-bond acceptors (Lipinski definition) is 5. The molecule has 0 aliphatic carbocycles. The number of aliphatic hydroxyl groups is 1. The molecule has 0 saturated carbocycles. The third kappa shape index (κ3) is 3.33. The zero-order chi connectivity index (χ0) is 16.1. The molecule has 6 heteroatoms. The van der Waals surface area contributed by atoms with Gasteiger partial charge in [0.1, 0.15) is 11.2 Å². The minimum absolute atomic E-state index is 0.207. The molecule has 2 aliphatic rings. The molecule has 0 radical (unpaired) electrons. The van der Waals surface area contributed by atoms with E-state index >= 15 is 0 Å². The van der Waals surface area contributed by atoms with Gasteiger partial charge in [-0.3, -0.25) is 0 Å². The Kier molecular flexibility index (Phi) is 3.80. The van der Waals surface area contributed by atoms with E-state index < -0.39 is 16.7 Å². The van der Waals surface area contributed by atoms with Gasteiger partial charge in [0.25, 0.3) is 0 Å². The molecule has 3 N–H and O–H groups in total. The molecule has 21 heavy (non-hydrogen) atoms. The molecule has 2 saturated heterocycles. The van der Waals surface area contributed by atoms with Crippen LogP contribution in [0, 0.1) is 0 Å². The quantitative estimate of drug-likeness (QED) is 0.761. The van der Waals surface area contributed by atoms with E-state index in [0.717, 1.165) is 0 Å². The van der Waals surface area contributed by atoms with Crippen molar-refractivity contribution in [2.24, 2.45) is 5.73 Å². The Morgan fingerprint density at radius 3 is 2.48 bits per heavy atom. The predicted molar refractivity (Wildman–Crippen MR) is 78.9 cm³/mol. The lowest BCUT2D eigenvalue weighted by molar-refractivity contribution is -0.0415. The molecule has 2 fully saturated rings. The van der Waals surface area contributed by atoms with Gasteiger partial charge in [-0.1, -0.05) is 0 Å². The summed E-state index contributed by atoms with van der Waals surface area (Å²) in [5.41, 5.74) is 3.55. The molecule has 2 aliphatic heterocycles. The van der Waals surface area contributed by atoms with Gasteiger partial charge in [-0.25, -0.2) is 4.79 Å². The largest absolute Gasteiger partial charge is 0.444 e. The van der Waals surface area contributed by atoms with E-state index in [0.29, 0.717) is 19.4 Å². The first-order chi connectivity index (χ1) is 9.36. The first-order valence-electron chi connectivity index (χ1n) is 7.49. The molecule has 0 aromatic rings. The number of nitrogens with two attached hydrogens (primary N) is 1. The second kappa shape index (κ2) is 4.83. The van der Waals surface area contributed by atoms with Crippen molar-refractivity contribution >= 4 is 6.09 Å². The van der Waals surface area contributed by atoms with Crippen LogP contribution in [-0.4, -0.2) is 58.1 Å². The summed E-state index contributed by atoms with van der Waals surface area (Å²) in [7, 11) is 0. The number of rotatable bonds is 1. The standard InChI is InChI=1S/C15H28N2O4/c1-12(2,3)21-11(18)17-7-6-14(16,9-17)15(19)8-13(4,5)20-10-15/h19H,6-10,16H2,1-5H3. The highest BCUT2D eigenvalue weighted by molar-refractivity contribution is 5.68. The summed E-state index contributed by atoms with van der Waals surface area (Å²) < 4.78 is 11.0.